The van der Waals surface area contributed by atoms with Crippen molar-refractivity contribution in [2.75, 3.05) is 0 Å². The summed E-state index contributed by atoms with van der Waals surface area (Å²) in [5.41, 5.74) is 2.33. The van der Waals surface area contributed by atoms with Crippen LogP contribution in [0, 0.1) is 5.92 Å². The van der Waals surface area contributed by atoms with Crippen molar-refractivity contribution in [1.82, 2.24) is 9.55 Å². The molecule has 1 fully saturated rings. The molecule has 1 saturated carbocycles. The molecular weight excluding hydrogens is 256 g/mol. The van der Waals surface area contributed by atoms with Gasteiger partial charge in [0.1, 0.15) is 5.82 Å². The van der Waals surface area contributed by atoms with E-state index in [0.29, 0.717) is 11.9 Å². The molecule has 1 aromatic heterocycles. The Morgan fingerprint density at radius 2 is 1.95 bits per heavy atom. The molecule has 1 aliphatic rings. The van der Waals surface area contributed by atoms with E-state index in [1.54, 1.807) is 0 Å². The quantitative estimate of drug-likeness (QED) is 0.728. The Morgan fingerprint density at radius 3 is 2.63 bits per heavy atom. The second-order valence-corrected chi connectivity index (χ2v) is 5.87. The van der Waals surface area contributed by atoms with Crippen LogP contribution in [-0.2, 0) is 5.88 Å². The maximum Gasteiger partial charge on any atom is 0.125 e. The van der Waals surface area contributed by atoms with Gasteiger partial charge in [-0.05, 0) is 43.7 Å². The smallest absolute Gasteiger partial charge is 0.125 e. The Morgan fingerprint density at radius 1 is 1.21 bits per heavy atom. The van der Waals surface area contributed by atoms with Gasteiger partial charge in [-0.1, -0.05) is 25.5 Å². The number of aromatic nitrogens is 2. The molecule has 1 heterocycles. The van der Waals surface area contributed by atoms with Gasteiger partial charge in [0.05, 0.1) is 16.9 Å². The fraction of sp³-hybridized carbons (Fsp3) is 0.562. The summed E-state index contributed by atoms with van der Waals surface area (Å²) < 4.78 is 2.40. The van der Waals surface area contributed by atoms with Crippen LogP contribution in [0.4, 0.5) is 0 Å². The van der Waals surface area contributed by atoms with Gasteiger partial charge in [0.15, 0.2) is 0 Å². The van der Waals surface area contributed by atoms with Crippen molar-refractivity contribution in [3.63, 3.8) is 0 Å². The molecule has 0 aliphatic heterocycles. The Bertz CT molecular complexity index is 553. The van der Waals surface area contributed by atoms with Crippen LogP contribution >= 0.6 is 11.6 Å². The molecule has 2 nitrogen and oxygen atoms in total. The fourth-order valence-electron chi connectivity index (χ4n) is 3.41. The van der Waals surface area contributed by atoms with E-state index in [9.17, 15) is 0 Å². The standard InChI is InChI=1S/C16H21ClN2/c1-2-12-7-9-13(10-8-12)19-15-6-4-3-5-14(15)18-16(19)11-17/h3-6,12-13H,2,7-11H2,1H3. The number of hydrogen-bond acceptors (Lipinski definition) is 1. The second kappa shape index (κ2) is 5.54. The van der Waals surface area contributed by atoms with Crippen LogP contribution in [0.15, 0.2) is 24.3 Å². The van der Waals surface area contributed by atoms with Gasteiger partial charge in [0, 0.05) is 6.04 Å². The van der Waals surface area contributed by atoms with Gasteiger partial charge in [-0.15, -0.1) is 11.6 Å². The van der Waals surface area contributed by atoms with Gasteiger partial charge in [-0.2, -0.15) is 0 Å². The molecule has 0 spiro atoms. The summed E-state index contributed by atoms with van der Waals surface area (Å²) in [6.07, 6.45) is 6.54. The number of nitrogens with zero attached hydrogens (tertiary/aromatic N) is 2. The van der Waals surface area contributed by atoms with E-state index in [1.807, 2.05) is 6.07 Å². The number of hydrogen-bond donors (Lipinski definition) is 0. The van der Waals surface area contributed by atoms with Crippen molar-refractivity contribution >= 4 is 22.6 Å². The molecule has 0 radical (unpaired) electrons. The summed E-state index contributed by atoms with van der Waals surface area (Å²) in [7, 11) is 0. The molecule has 102 valence electrons. The first kappa shape index (κ1) is 13.0. The summed E-state index contributed by atoms with van der Waals surface area (Å²) in [6.45, 7) is 2.31. The number of halogens is 1. The molecule has 0 N–H and O–H groups in total. The highest BCUT2D eigenvalue weighted by Crippen LogP contribution is 2.36. The Kier molecular flexibility index (Phi) is 3.79. The number of imidazole rings is 1. The predicted octanol–water partition coefficient (Wildman–Crippen LogP) is 4.92. The van der Waals surface area contributed by atoms with Gasteiger partial charge in [0.25, 0.3) is 0 Å². The highest BCUT2D eigenvalue weighted by molar-refractivity contribution is 6.16. The minimum atomic E-state index is 0.502. The van der Waals surface area contributed by atoms with E-state index in [0.717, 1.165) is 17.3 Å². The van der Waals surface area contributed by atoms with Crippen LogP contribution in [0.5, 0.6) is 0 Å². The molecule has 0 amide bonds. The van der Waals surface area contributed by atoms with E-state index in [4.69, 9.17) is 11.6 Å². The molecule has 0 saturated heterocycles. The predicted molar refractivity (Wildman–Crippen MR) is 80.6 cm³/mol. The van der Waals surface area contributed by atoms with Gasteiger partial charge < -0.3 is 4.57 Å². The fourth-order valence-corrected chi connectivity index (χ4v) is 3.60. The van der Waals surface area contributed by atoms with Crippen molar-refractivity contribution in [3.8, 4) is 0 Å². The average Bonchev–Trinajstić information content (AvgIpc) is 2.86. The Hall–Kier alpha value is -1.02. The van der Waals surface area contributed by atoms with Crippen molar-refractivity contribution < 1.29 is 0 Å². The number of benzene rings is 1. The van der Waals surface area contributed by atoms with Crippen molar-refractivity contribution in [1.29, 1.82) is 0 Å². The topological polar surface area (TPSA) is 17.8 Å². The largest absolute Gasteiger partial charge is 0.324 e. The molecule has 0 unspecified atom stereocenters. The molecule has 1 aliphatic carbocycles. The summed E-state index contributed by atoms with van der Waals surface area (Å²) in [5.74, 6) is 2.45. The zero-order valence-corrected chi connectivity index (χ0v) is 12.2. The van der Waals surface area contributed by atoms with Crippen molar-refractivity contribution in [2.24, 2.45) is 5.92 Å². The zero-order chi connectivity index (χ0) is 13.2. The van der Waals surface area contributed by atoms with E-state index in [-0.39, 0.29) is 0 Å². The molecule has 3 rings (SSSR count). The maximum absolute atomic E-state index is 6.10. The monoisotopic (exact) mass is 276 g/mol. The third kappa shape index (κ3) is 2.38. The first-order valence-corrected chi connectivity index (χ1v) is 7.88. The molecule has 3 heteroatoms. The molecule has 1 aromatic carbocycles. The number of fused-ring (bicyclic) bond motifs is 1. The zero-order valence-electron chi connectivity index (χ0n) is 11.5. The lowest BCUT2D eigenvalue weighted by Gasteiger charge is -2.30. The average molecular weight is 277 g/mol. The van der Waals surface area contributed by atoms with E-state index in [1.165, 1.54) is 37.6 Å². The third-order valence-corrected chi connectivity index (χ3v) is 4.79. The second-order valence-electron chi connectivity index (χ2n) is 5.60. The van der Waals surface area contributed by atoms with Gasteiger partial charge in [-0.3, -0.25) is 0 Å². The lowest BCUT2D eigenvalue weighted by atomic mass is 9.84. The Labute approximate surface area is 119 Å². The first-order valence-electron chi connectivity index (χ1n) is 7.35. The van der Waals surface area contributed by atoms with Gasteiger partial charge >= 0.3 is 0 Å². The summed E-state index contributed by atoms with van der Waals surface area (Å²) in [6, 6.07) is 8.98. The summed E-state index contributed by atoms with van der Waals surface area (Å²) in [5, 5.41) is 0. The molecule has 2 aromatic rings. The van der Waals surface area contributed by atoms with E-state index < -0.39 is 0 Å². The third-order valence-electron chi connectivity index (χ3n) is 4.55. The maximum atomic E-state index is 6.10. The van der Waals surface area contributed by atoms with Gasteiger partial charge in [0.2, 0.25) is 0 Å². The number of rotatable bonds is 3. The van der Waals surface area contributed by atoms with Crippen LogP contribution in [0.25, 0.3) is 11.0 Å². The number of alkyl halides is 1. The Balaban J connectivity index is 1.95. The minimum Gasteiger partial charge on any atom is -0.324 e. The molecule has 19 heavy (non-hydrogen) atoms. The van der Waals surface area contributed by atoms with Crippen molar-refractivity contribution in [3.05, 3.63) is 30.1 Å². The molecule has 0 atom stereocenters. The lowest BCUT2D eigenvalue weighted by molar-refractivity contribution is 0.270. The van der Waals surface area contributed by atoms with E-state index >= 15 is 0 Å². The number of para-hydroxylation sites is 2. The van der Waals surface area contributed by atoms with Crippen LogP contribution in [0.2, 0.25) is 0 Å². The van der Waals surface area contributed by atoms with Crippen molar-refractivity contribution in [2.45, 2.75) is 50.9 Å². The van der Waals surface area contributed by atoms with Gasteiger partial charge in [-0.25, -0.2) is 4.98 Å². The minimum absolute atomic E-state index is 0.502. The lowest BCUT2D eigenvalue weighted by Crippen LogP contribution is -2.19. The SMILES string of the molecule is CCC1CCC(n2c(CCl)nc3ccccc32)CC1. The van der Waals surface area contributed by atoms with Crippen LogP contribution in [0.3, 0.4) is 0 Å². The first-order chi connectivity index (χ1) is 9.33. The summed E-state index contributed by atoms with van der Waals surface area (Å²) >= 11 is 6.10. The highest BCUT2D eigenvalue weighted by Gasteiger charge is 2.24. The molecular formula is C16H21ClN2. The normalized spacial score (nSPS) is 23.9. The van der Waals surface area contributed by atoms with E-state index in [2.05, 4.69) is 34.7 Å². The van der Waals surface area contributed by atoms with Crippen LogP contribution in [0.1, 0.15) is 50.9 Å². The summed E-state index contributed by atoms with van der Waals surface area (Å²) in [4.78, 5) is 4.68. The highest BCUT2D eigenvalue weighted by atomic mass is 35.5. The molecule has 0 bridgehead atoms. The van der Waals surface area contributed by atoms with Crippen LogP contribution < -0.4 is 0 Å². The van der Waals surface area contributed by atoms with Crippen LogP contribution in [-0.4, -0.2) is 9.55 Å².